The average Bonchev–Trinajstić information content (AvgIpc) is 2.36. The molecule has 8 nitrogen and oxygen atoms in total. The maximum atomic E-state index is 10.0. The van der Waals surface area contributed by atoms with Crippen LogP contribution in [0.5, 0.6) is 0 Å². The number of hydrogen-bond donors (Lipinski definition) is 1. The molecule has 54 valence electrons. The maximum Gasteiger partial charge on any atom is 0.326 e. The van der Waals surface area contributed by atoms with Crippen LogP contribution < -0.4 is 5.01 Å². The van der Waals surface area contributed by atoms with E-state index in [-0.39, 0.29) is 5.95 Å². The lowest BCUT2D eigenvalue weighted by atomic mass is 11.0. The van der Waals surface area contributed by atoms with Crippen LogP contribution in [0.2, 0.25) is 0 Å². The van der Waals surface area contributed by atoms with E-state index < -0.39 is 5.03 Å². The van der Waals surface area contributed by atoms with E-state index in [4.69, 9.17) is 0 Å². The number of aromatic nitrogens is 4. The van der Waals surface area contributed by atoms with Crippen molar-refractivity contribution in [2.24, 2.45) is 0 Å². The predicted molar refractivity (Wildman–Crippen MR) is 29.6 cm³/mol. The Balaban J connectivity index is 2.77. The molecule has 0 fully saturated rings. The molecular formula is C2H4N6O2. The first-order valence-corrected chi connectivity index (χ1v) is 2.33. The fourth-order valence-corrected chi connectivity index (χ4v) is 0.367. The van der Waals surface area contributed by atoms with Crippen LogP contribution in [0.3, 0.4) is 0 Å². The molecule has 0 spiro atoms. The summed E-state index contributed by atoms with van der Waals surface area (Å²) in [5.41, 5.74) is 0. The topological polar surface area (TPSA) is 101 Å². The van der Waals surface area contributed by atoms with Crippen molar-refractivity contribution in [2.45, 2.75) is 0 Å². The van der Waals surface area contributed by atoms with Crippen molar-refractivity contribution in [1.82, 2.24) is 20.6 Å². The lowest BCUT2D eigenvalue weighted by molar-refractivity contribution is -0.491. The standard InChI is InChI=1S/C2H4N6O2/c1-7(8(9)10)2-3-5-6-4-2/h1H3,(H,3,4,5,6). The Hall–Kier alpha value is -1.73. The second-order valence-electron chi connectivity index (χ2n) is 1.47. The van der Waals surface area contributed by atoms with Crippen molar-refractivity contribution in [3.8, 4) is 0 Å². The van der Waals surface area contributed by atoms with E-state index in [1.807, 2.05) is 0 Å². The summed E-state index contributed by atoms with van der Waals surface area (Å²) >= 11 is 0. The van der Waals surface area contributed by atoms with Gasteiger partial charge in [-0.2, -0.15) is 5.21 Å². The molecule has 1 heterocycles. The minimum atomic E-state index is -0.648. The summed E-state index contributed by atoms with van der Waals surface area (Å²) in [5.74, 6) is -0.0648. The second kappa shape index (κ2) is 2.25. The first-order chi connectivity index (χ1) is 4.72. The van der Waals surface area contributed by atoms with Gasteiger partial charge in [-0.3, -0.25) is 0 Å². The summed E-state index contributed by atoms with van der Waals surface area (Å²) in [6.07, 6.45) is 0. The minimum absolute atomic E-state index is 0.0648. The van der Waals surface area contributed by atoms with E-state index in [9.17, 15) is 10.1 Å². The van der Waals surface area contributed by atoms with Crippen LogP contribution in [0.4, 0.5) is 5.95 Å². The smallest absolute Gasteiger partial charge is 0.234 e. The molecule has 0 unspecified atom stereocenters. The summed E-state index contributed by atoms with van der Waals surface area (Å²) < 4.78 is 0. The van der Waals surface area contributed by atoms with Crippen LogP contribution in [-0.2, 0) is 0 Å². The molecule has 0 bridgehead atoms. The molecule has 10 heavy (non-hydrogen) atoms. The summed E-state index contributed by atoms with van der Waals surface area (Å²) in [6.45, 7) is 0. The fraction of sp³-hybridized carbons (Fsp3) is 0.500. The van der Waals surface area contributed by atoms with Crippen molar-refractivity contribution in [2.75, 3.05) is 12.1 Å². The zero-order valence-electron chi connectivity index (χ0n) is 5.05. The third-order valence-electron chi connectivity index (χ3n) is 0.869. The van der Waals surface area contributed by atoms with Crippen LogP contribution >= 0.6 is 0 Å². The third kappa shape index (κ3) is 0.989. The molecule has 0 atom stereocenters. The van der Waals surface area contributed by atoms with Gasteiger partial charge in [0.1, 0.15) is 0 Å². The molecule has 0 amide bonds. The van der Waals surface area contributed by atoms with E-state index in [1.165, 1.54) is 7.05 Å². The zero-order valence-corrected chi connectivity index (χ0v) is 5.05. The van der Waals surface area contributed by atoms with Gasteiger partial charge in [0.2, 0.25) is 0 Å². The Morgan fingerprint density at radius 2 is 2.50 bits per heavy atom. The van der Waals surface area contributed by atoms with Crippen LogP contribution in [0, 0.1) is 10.1 Å². The van der Waals surface area contributed by atoms with Gasteiger partial charge >= 0.3 is 5.95 Å². The summed E-state index contributed by atoms with van der Waals surface area (Å²) in [6, 6.07) is 0. The van der Waals surface area contributed by atoms with Gasteiger partial charge in [-0.15, -0.1) is 5.10 Å². The molecule has 1 aromatic heterocycles. The van der Waals surface area contributed by atoms with Crippen LogP contribution in [0.15, 0.2) is 0 Å². The highest BCUT2D eigenvalue weighted by Gasteiger charge is 2.14. The van der Waals surface area contributed by atoms with Gasteiger partial charge in [0.25, 0.3) is 0 Å². The van der Waals surface area contributed by atoms with Gasteiger partial charge in [0.05, 0.1) is 7.05 Å². The van der Waals surface area contributed by atoms with E-state index in [1.54, 1.807) is 0 Å². The number of H-pyrrole nitrogens is 1. The lowest BCUT2D eigenvalue weighted by Gasteiger charge is -1.98. The number of aromatic amines is 1. The van der Waals surface area contributed by atoms with Crippen molar-refractivity contribution < 1.29 is 5.03 Å². The average molecular weight is 144 g/mol. The first-order valence-electron chi connectivity index (χ1n) is 2.33. The molecule has 1 aromatic rings. The van der Waals surface area contributed by atoms with Crippen molar-refractivity contribution in [3.63, 3.8) is 0 Å². The van der Waals surface area contributed by atoms with Crippen molar-refractivity contribution in [3.05, 3.63) is 10.1 Å². The molecule has 0 saturated carbocycles. The Kier molecular flexibility index (Phi) is 1.44. The molecule has 0 radical (unpaired) electrons. The Labute approximate surface area is 55.0 Å². The van der Waals surface area contributed by atoms with Gasteiger partial charge in [0, 0.05) is 0 Å². The van der Waals surface area contributed by atoms with E-state index in [0.29, 0.717) is 5.01 Å². The summed E-state index contributed by atoms with van der Waals surface area (Å²) in [4.78, 5) is 10.0. The normalized spacial score (nSPS) is 9.30. The number of hydrogen-bond acceptors (Lipinski definition) is 5. The van der Waals surface area contributed by atoms with Gasteiger partial charge < -0.3 is 0 Å². The van der Waals surface area contributed by atoms with Crippen molar-refractivity contribution in [1.29, 1.82) is 0 Å². The van der Waals surface area contributed by atoms with Crippen LogP contribution in [0.25, 0.3) is 0 Å². The van der Waals surface area contributed by atoms with E-state index in [2.05, 4.69) is 20.6 Å². The number of hydrazine groups is 1. The molecule has 1 N–H and O–H groups in total. The Morgan fingerprint density at radius 3 is 2.90 bits per heavy atom. The van der Waals surface area contributed by atoms with Crippen LogP contribution in [0.1, 0.15) is 0 Å². The molecule has 0 aliphatic rings. The van der Waals surface area contributed by atoms with Gasteiger partial charge in [0.15, 0.2) is 5.03 Å². The third-order valence-corrected chi connectivity index (χ3v) is 0.869. The van der Waals surface area contributed by atoms with Gasteiger partial charge in [-0.1, -0.05) is 10.1 Å². The second-order valence-corrected chi connectivity index (χ2v) is 1.47. The monoisotopic (exact) mass is 144 g/mol. The highest BCUT2D eigenvalue weighted by molar-refractivity contribution is 5.17. The van der Waals surface area contributed by atoms with Crippen molar-refractivity contribution >= 4 is 5.95 Å². The number of tetrazole rings is 1. The highest BCUT2D eigenvalue weighted by Crippen LogP contribution is 1.97. The first kappa shape index (κ1) is 6.39. The maximum absolute atomic E-state index is 10.0. The molecule has 0 saturated heterocycles. The van der Waals surface area contributed by atoms with E-state index >= 15 is 0 Å². The molecular weight excluding hydrogens is 140 g/mol. The molecule has 8 heteroatoms. The number of anilines is 1. The van der Waals surface area contributed by atoms with E-state index in [0.717, 1.165) is 0 Å². The number of rotatable bonds is 2. The summed E-state index contributed by atoms with van der Waals surface area (Å²) in [7, 11) is 1.23. The minimum Gasteiger partial charge on any atom is -0.234 e. The number of nitro groups is 1. The zero-order chi connectivity index (χ0) is 7.56. The Morgan fingerprint density at radius 1 is 1.80 bits per heavy atom. The SMILES string of the molecule is CN(c1nn[nH]n1)[N+](=O)[O-]. The molecule has 0 aliphatic carbocycles. The predicted octanol–water partition coefficient (Wildman–Crippen LogP) is -1.17. The number of nitrogens with zero attached hydrogens (tertiary/aromatic N) is 5. The Bertz CT molecular complexity index is 218. The van der Waals surface area contributed by atoms with Gasteiger partial charge in [-0.25, -0.2) is 10.1 Å². The highest BCUT2D eigenvalue weighted by atomic mass is 16.7. The quantitative estimate of drug-likeness (QED) is 0.414. The van der Waals surface area contributed by atoms with Crippen LogP contribution in [-0.4, -0.2) is 32.7 Å². The molecule has 1 rings (SSSR count). The molecule has 0 aliphatic heterocycles. The number of nitrogens with one attached hydrogen (secondary N) is 1. The fourth-order valence-electron chi connectivity index (χ4n) is 0.367. The lowest BCUT2D eigenvalue weighted by Crippen LogP contribution is -2.25. The largest absolute Gasteiger partial charge is 0.326 e. The van der Waals surface area contributed by atoms with Gasteiger partial charge in [-0.05, 0) is 5.21 Å². The summed E-state index contributed by atoms with van der Waals surface area (Å²) in [5, 5.41) is 22.0. The molecule has 0 aromatic carbocycles.